The van der Waals surface area contributed by atoms with Crippen molar-refractivity contribution in [3.8, 4) is 28.1 Å². The smallest absolute Gasteiger partial charge is 0.181 e. The van der Waals surface area contributed by atoms with Gasteiger partial charge in [0.2, 0.25) is 0 Å². The molecule has 1 aliphatic heterocycles. The van der Waals surface area contributed by atoms with Gasteiger partial charge >= 0.3 is 0 Å². The topological polar surface area (TPSA) is 57.3 Å². The van der Waals surface area contributed by atoms with Gasteiger partial charge in [0, 0.05) is 59.6 Å². The quantitative estimate of drug-likeness (QED) is 0.505. The molecule has 0 amide bonds. The molecule has 7 heteroatoms. The van der Waals surface area contributed by atoms with E-state index in [4.69, 9.17) is 16.3 Å². The Labute approximate surface area is 186 Å². The van der Waals surface area contributed by atoms with Crippen molar-refractivity contribution in [1.82, 2.24) is 20.1 Å². The van der Waals surface area contributed by atoms with Crippen LogP contribution in [0.15, 0.2) is 54.7 Å². The summed E-state index contributed by atoms with van der Waals surface area (Å²) in [4.78, 5) is 9.37. The number of rotatable bonds is 4. The summed E-state index contributed by atoms with van der Waals surface area (Å²) < 4.78 is 5.53. The highest BCUT2D eigenvalue weighted by molar-refractivity contribution is 6.31. The van der Waals surface area contributed by atoms with Crippen LogP contribution >= 0.6 is 11.6 Å². The highest BCUT2D eigenvalue weighted by Gasteiger charge is 2.16. The molecule has 1 N–H and O–H groups in total. The summed E-state index contributed by atoms with van der Waals surface area (Å²) in [5.74, 6) is 0.733. The van der Waals surface area contributed by atoms with Crippen LogP contribution < -0.4 is 9.64 Å². The fraction of sp³-hybridized carbons (Fsp3) is 0.250. The molecule has 0 bridgehead atoms. The Morgan fingerprint density at radius 2 is 1.74 bits per heavy atom. The number of hydrogen-bond donors (Lipinski definition) is 1. The molecule has 0 radical (unpaired) electrons. The Bertz CT molecular complexity index is 1210. The largest absolute Gasteiger partial charge is 0.496 e. The first-order chi connectivity index (χ1) is 15.1. The molecular weight excluding hydrogens is 410 g/mol. The van der Waals surface area contributed by atoms with Crippen LogP contribution in [0.3, 0.4) is 0 Å². The van der Waals surface area contributed by atoms with Gasteiger partial charge in [0.25, 0.3) is 0 Å². The Balaban J connectivity index is 1.49. The maximum atomic E-state index is 6.24. The molecule has 0 unspecified atom stereocenters. The number of pyridine rings is 1. The van der Waals surface area contributed by atoms with Gasteiger partial charge in [0.1, 0.15) is 5.75 Å². The SMILES string of the molecule is COc1ccc(Cl)cc1-c1[nH]nc2ncc(-c3ccc(N4CCN(C)CC4)cc3)cc12. The van der Waals surface area contributed by atoms with Crippen LogP contribution in [-0.4, -0.2) is 60.4 Å². The van der Waals surface area contributed by atoms with Crippen molar-refractivity contribution in [2.24, 2.45) is 0 Å². The summed E-state index contributed by atoms with van der Waals surface area (Å²) in [7, 11) is 3.82. The summed E-state index contributed by atoms with van der Waals surface area (Å²) in [6.07, 6.45) is 1.87. The second kappa shape index (κ2) is 8.21. The molecule has 5 rings (SSSR count). The fourth-order valence-electron chi connectivity index (χ4n) is 4.07. The van der Waals surface area contributed by atoms with Crippen LogP contribution in [0.4, 0.5) is 5.69 Å². The van der Waals surface area contributed by atoms with Crippen LogP contribution in [0.1, 0.15) is 0 Å². The van der Waals surface area contributed by atoms with Crippen molar-refractivity contribution in [3.05, 3.63) is 59.8 Å². The number of fused-ring (bicyclic) bond motifs is 1. The van der Waals surface area contributed by atoms with Gasteiger partial charge in [-0.15, -0.1) is 0 Å². The van der Waals surface area contributed by atoms with E-state index in [0.717, 1.165) is 59.7 Å². The Morgan fingerprint density at radius 3 is 2.48 bits per heavy atom. The number of nitrogens with one attached hydrogen (secondary N) is 1. The van der Waals surface area contributed by atoms with E-state index >= 15 is 0 Å². The number of benzene rings is 2. The monoisotopic (exact) mass is 433 g/mol. The van der Waals surface area contributed by atoms with Crippen LogP contribution in [0.25, 0.3) is 33.4 Å². The first-order valence-corrected chi connectivity index (χ1v) is 10.7. The van der Waals surface area contributed by atoms with E-state index in [2.05, 4.69) is 62.4 Å². The molecule has 31 heavy (non-hydrogen) atoms. The maximum absolute atomic E-state index is 6.24. The zero-order chi connectivity index (χ0) is 21.4. The molecular formula is C24H24ClN5O. The van der Waals surface area contributed by atoms with Crippen molar-refractivity contribution in [3.63, 3.8) is 0 Å². The molecule has 158 valence electrons. The number of aromatic amines is 1. The molecule has 2 aromatic heterocycles. The molecule has 3 heterocycles. The number of H-pyrrole nitrogens is 1. The average Bonchev–Trinajstić information content (AvgIpc) is 3.23. The maximum Gasteiger partial charge on any atom is 0.181 e. The van der Waals surface area contributed by atoms with Crippen LogP contribution in [-0.2, 0) is 0 Å². The van der Waals surface area contributed by atoms with Gasteiger partial charge in [-0.2, -0.15) is 5.10 Å². The highest BCUT2D eigenvalue weighted by Crippen LogP contribution is 2.36. The number of methoxy groups -OCH3 is 1. The van der Waals surface area contributed by atoms with Crippen molar-refractivity contribution in [1.29, 1.82) is 0 Å². The van der Waals surface area contributed by atoms with E-state index in [1.807, 2.05) is 24.4 Å². The summed E-state index contributed by atoms with van der Waals surface area (Å²) in [5.41, 5.74) is 5.80. The van der Waals surface area contributed by atoms with Crippen LogP contribution in [0.5, 0.6) is 5.75 Å². The number of anilines is 1. The summed E-state index contributed by atoms with van der Waals surface area (Å²) >= 11 is 6.24. The molecule has 0 saturated carbocycles. The summed E-state index contributed by atoms with van der Waals surface area (Å²) in [6.45, 7) is 4.31. The van der Waals surface area contributed by atoms with Gasteiger partial charge < -0.3 is 14.5 Å². The number of halogens is 1. The minimum absolute atomic E-state index is 0.641. The third-order valence-corrected chi connectivity index (χ3v) is 6.14. The van der Waals surface area contributed by atoms with E-state index in [9.17, 15) is 0 Å². The number of hydrogen-bond acceptors (Lipinski definition) is 5. The number of piperazine rings is 1. The Morgan fingerprint density at radius 1 is 0.968 bits per heavy atom. The van der Waals surface area contributed by atoms with Crippen molar-refractivity contribution < 1.29 is 4.74 Å². The molecule has 0 atom stereocenters. The van der Waals surface area contributed by atoms with Gasteiger partial charge in [-0.25, -0.2) is 4.98 Å². The molecule has 0 aliphatic carbocycles. The average molecular weight is 434 g/mol. The van der Waals surface area contributed by atoms with Crippen molar-refractivity contribution in [2.45, 2.75) is 0 Å². The fourth-order valence-corrected chi connectivity index (χ4v) is 4.24. The first-order valence-electron chi connectivity index (χ1n) is 10.3. The lowest BCUT2D eigenvalue weighted by Crippen LogP contribution is -2.44. The zero-order valence-corrected chi connectivity index (χ0v) is 18.4. The molecule has 4 aromatic rings. The van der Waals surface area contributed by atoms with Crippen LogP contribution in [0.2, 0.25) is 5.02 Å². The minimum Gasteiger partial charge on any atom is -0.496 e. The molecule has 6 nitrogen and oxygen atoms in total. The predicted molar refractivity (Wildman–Crippen MR) is 126 cm³/mol. The number of ether oxygens (including phenoxy) is 1. The third-order valence-electron chi connectivity index (χ3n) is 5.91. The van der Waals surface area contributed by atoms with Crippen molar-refractivity contribution in [2.75, 3.05) is 45.2 Å². The molecule has 2 aromatic carbocycles. The second-order valence-electron chi connectivity index (χ2n) is 7.88. The molecule has 1 saturated heterocycles. The minimum atomic E-state index is 0.641. The Kier molecular flexibility index (Phi) is 5.26. The van der Waals surface area contributed by atoms with Gasteiger partial charge in [-0.05, 0) is 49.0 Å². The second-order valence-corrected chi connectivity index (χ2v) is 8.31. The lowest BCUT2D eigenvalue weighted by Gasteiger charge is -2.34. The van der Waals surface area contributed by atoms with E-state index in [1.165, 1.54) is 5.69 Å². The zero-order valence-electron chi connectivity index (χ0n) is 17.6. The number of aromatic nitrogens is 3. The Hall–Kier alpha value is -3.09. The normalized spacial score (nSPS) is 14.9. The van der Waals surface area contributed by atoms with E-state index in [-0.39, 0.29) is 0 Å². The van der Waals surface area contributed by atoms with Gasteiger partial charge in [0.05, 0.1) is 12.8 Å². The standard InChI is InChI=1S/C24H24ClN5O/c1-29-9-11-30(12-10-29)19-6-3-16(4-7-19)17-13-21-23(27-28-24(21)26-15-17)20-14-18(25)5-8-22(20)31-2/h3-8,13-15H,9-12H2,1-2H3,(H,26,27,28). The van der Waals surface area contributed by atoms with E-state index < -0.39 is 0 Å². The van der Waals surface area contributed by atoms with Gasteiger partial charge in [-0.3, -0.25) is 5.10 Å². The lowest BCUT2D eigenvalue weighted by molar-refractivity contribution is 0.313. The van der Waals surface area contributed by atoms with Gasteiger partial charge in [-0.1, -0.05) is 23.7 Å². The molecule has 1 fully saturated rings. The lowest BCUT2D eigenvalue weighted by atomic mass is 10.0. The van der Waals surface area contributed by atoms with Crippen LogP contribution in [0, 0.1) is 0 Å². The summed E-state index contributed by atoms with van der Waals surface area (Å²) in [6, 6.07) is 16.4. The highest BCUT2D eigenvalue weighted by atomic mass is 35.5. The summed E-state index contributed by atoms with van der Waals surface area (Å²) in [5, 5.41) is 9.05. The number of nitrogens with zero attached hydrogens (tertiary/aromatic N) is 4. The molecule has 0 spiro atoms. The van der Waals surface area contributed by atoms with E-state index in [1.54, 1.807) is 7.11 Å². The van der Waals surface area contributed by atoms with Gasteiger partial charge in [0.15, 0.2) is 5.65 Å². The first kappa shape index (κ1) is 19.8. The van der Waals surface area contributed by atoms with E-state index in [0.29, 0.717) is 10.7 Å². The number of likely N-dealkylation sites (N-methyl/N-ethyl adjacent to an activating group) is 1. The molecule has 1 aliphatic rings. The predicted octanol–water partition coefficient (Wildman–Crippen LogP) is 4.71. The van der Waals surface area contributed by atoms with Crippen molar-refractivity contribution >= 4 is 28.3 Å². The third kappa shape index (κ3) is 3.84.